The van der Waals surface area contributed by atoms with Gasteiger partial charge in [0, 0.05) is 24.7 Å². The van der Waals surface area contributed by atoms with Crippen LogP contribution in [0.5, 0.6) is 0 Å². The molecule has 0 aliphatic carbocycles. The van der Waals surface area contributed by atoms with Crippen LogP contribution in [-0.4, -0.2) is 49.2 Å². The molecule has 7 nitrogen and oxygen atoms in total. The first kappa shape index (κ1) is 16.8. The van der Waals surface area contributed by atoms with E-state index >= 15 is 0 Å². The molecule has 0 saturated carbocycles. The van der Waals surface area contributed by atoms with Crippen molar-refractivity contribution in [2.75, 3.05) is 26.3 Å². The molecule has 0 spiro atoms. The van der Waals surface area contributed by atoms with Gasteiger partial charge in [-0.1, -0.05) is 19.1 Å². The second-order valence-corrected chi connectivity index (χ2v) is 7.41. The smallest absolute Gasteiger partial charge is 0.264 e. The highest BCUT2D eigenvalue weighted by atomic mass is 32.2. The number of ether oxygens (including phenoxy) is 1. The molecule has 0 radical (unpaired) electrons. The number of nitrogens with one attached hydrogen (secondary N) is 1. The Labute approximate surface area is 140 Å². The zero-order valence-corrected chi connectivity index (χ0v) is 14.2. The van der Waals surface area contributed by atoms with Gasteiger partial charge in [-0.05, 0) is 24.1 Å². The maximum absolute atomic E-state index is 13.0. The molecule has 0 unspecified atom stereocenters. The lowest BCUT2D eigenvalue weighted by molar-refractivity contribution is 0.0730. The van der Waals surface area contributed by atoms with Crippen molar-refractivity contribution in [1.29, 1.82) is 0 Å². The third kappa shape index (κ3) is 3.26. The van der Waals surface area contributed by atoms with Crippen molar-refractivity contribution in [3.05, 3.63) is 46.2 Å². The first-order valence-electron chi connectivity index (χ1n) is 7.79. The van der Waals surface area contributed by atoms with Gasteiger partial charge in [-0.15, -0.1) is 0 Å². The van der Waals surface area contributed by atoms with E-state index in [4.69, 9.17) is 4.74 Å². The van der Waals surface area contributed by atoms with Crippen LogP contribution in [0.3, 0.4) is 0 Å². The largest absolute Gasteiger partial charge is 0.379 e. The minimum atomic E-state index is -3.59. The van der Waals surface area contributed by atoms with E-state index in [-0.39, 0.29) is 10.5 Å². The third-order valence-electron chi connectivity index (χ3n) is 4.01. The highest BCUT2D eigenvalue weighted by molar-refractivity contribution is 7.89. The molecule has 2 aromatic rings. The lowest BCUT2D eigenvalue weighted by atomic mass is 10.1. The fraction of sp³-hybridized carbons (Fsp3) is 0.375. The van der Waals surface area contributed by atoms with Gasteiger partial charge < -0.3 is 4.74 Å². The van der Waals surface area contributed by atoms with Crippen LogP contribution in [0.1, 0.15) is 12.5 Å². The first-order chi connectivity index (χ1) is 11.5. The quantitative estimate of drug-likeness (QED) is 0.890. The SMILES string of the molecule is CCc1ccc(-c2ccc(=O)[nH]n2)cc1S(=O)(=O)N1CCOCC1. The number of rotatable bonds is 4. The van der Waals surface area contributed by atoms with Gasteiger partial charge in [-0.25, -0.2) is 13.5 Å². The summed E-state index contributed by atoms with van der Waals surface area (Å²) in [6, 6.07) is 8.19. The van der Waals surface area contributed by atoms with Crippen LogP contribution < -0.4 is 5.56 Å². The van der Waals surface area contributed by atoms with Crippen LogP contribution in [0.25, 0.3) is 11.3 Å². The Morgan fingerprint density at radius 3 is 2.58 bits per heavy atom. The van der Waals surface area contributed by atoms with E-state index in [0.29, 0.717) is 44.0 Å². The van der Waals surface area contributed by atoms with Crippen LogP contribution in [0.4, 0.5) is 0 Å². The zero-order valence-electron chi connectivity index (χ0n) is 13.4. The topological polar surface area (TPSA) is 92.4 Å². The predicted octanol–water partition coefficient (Wildman–Crippen LogP) is 1.02. The number of benzene rings is 1. The zero-order chi connectivity index (χ0) is 17.2. The summed E-state index contributed by atoms with van der Waals surface area (Å²) in [5, 5.41) is 6.34. The number of aromatic amines is 1. The maximum atomic E-state index is 13.0. The second kappa shape index (κ2) is 6.84. The highest BCUT2D eigenvalue weighted by Crippen LogP contribution is 2.27. The number of hydrogen-bond acceptors (Lipinski definition) is 5. The molecule has 1 aromatic heterocycles. The summed E-state index contributed by atoms with van der Waals surface area (Å²) in [6.07, 6.45) is 0.609. The molecule has 1 aromatic carbocycles. The van der Waals surface area contributed by atoms with Crippen molar-refractivity contribution >= 4 is 10.0 Å². The minimum absolute atomic E-state index is 0.289. The molecule has 1 N–H and O–H groups in total. The fourth-order valence-electron chi connectivity index (χ4n) is 2.68. The number of nitrogens with zero attached hydrogens (tertiary/aromatic N) is 2. The standard InChI is InChI=1S/C16H19N3O4S/c1-2-12-3-4-13(14-5-6-16(20)18-17-14)11-15(12)24(21,22)19-7-9-23-10-8-19/h3-6,11H,2,7-10H2,1H3,(H,18,20). The average Bonchev–Trinajstić information content (AvgIpc) is 2.62. The molecule has 8 heteroatoms. The number of hydrogen-bond donors (Lipinski definition) is 1. The molecule has 0 amide bonds. The van der Waals surface area contributed by atoms with Gasteiger partial charge in [-0.3, -0.25) is 4.79 Å². The van der Waals surface area contributed by atoms with E-state index in [1.807, 2.05) is 13.0 Å². The average molecular weight is 349 g/mol. The monoisotopic (exact) mass is 349 g/mol. The van der Waals surface area contributed by atoms with Crippen molar-refractivity contribution in [1.82, 2.24) is 14.5 Å². The number of sulfonamides is 1. The lowest BCUT2D eigenvalue weighted by Gasteiger charge is -2.27. The Kier molecular flexibility index (Phi) is 4.79. The molecule has 1 aliphatic heterocycles. The van der Waals surface area contributed by atoms with Gasteiger partial charge in [0.25, 0.3) is 5.56 Å². The van der Waals surface area contributed by atoms with E-state index < -0.39 is 10.0 Å². The van der Waals surface area contributed by atoms with E-state index in [0.717, 1.165) is 5.56 Å². The van der Waals surface area contributed by atoms with E-state index in [1.54, 1.807) is 18.2 Å². The summed E-state index contributed by atoms with van der Waals surface area (Å²) in [5.41, 5.74) is 1.63. The fourth-order valence-corrected chi connectivity index (χ4v) is 4.40. The first-order valence-corrected chi connectivity index (χ1v) is 9.23. The molecule has 3 rings (SSSR count). The van der Waals surface area contributed by atoms with Crippen molar-refractivity contribution in [2.24, 2.45) is 0 Å². The van der Waals surface area contributed by atoms with Crippen molar-refractivity contribution in [2.45, 2.75) is 18.2 Å². The normalized spacial score (nSPS) is 16.2. The van der Waals surface area contributed by atoms with Gasteiger partial charge in [0.15, 0.2) is 0 Å². The summed E-state index contributed by atoms with van der Waals surface area (Å²) >= 11 is 0. The Hall–Kier alpha value is -2.03. The summed E-state index contributed by atoms with van der Waals surface area (Å²) in [7, 11) is -3.59. The second-order valence-electron chi connectivity index (χ2n) is 5.50. The Morgan fingerprint density at radius 2 is 1.96 bits per heavy atom. The molecule has 1 fully saturated rings. The molecule has 0 bridgehead atoms. The minimum Gasteiger partial charge on any atom is -0.379 e. The molecular weight excluding hydrogens is 330 g/mol. The Bertz CT molecular complexity index is 866. The number of aromatic nitrogens is 2. The van der Waals surface area contributed by atoms with Gasteiger partial charge >= 0.3 is 0 Å². The molecule has 0 atom stereocenters. The van der Waals surface area contributed by atoms with Crippen LogP contribution in [0.15, 0.2) is 40.0 Å². The van der Waals surface area contributed by atoms with Crippen molar-refractivity contribution < 1.29 is 13.2 Å². The van der Waals surface area contributed by atoms with E-state index in [2.05, 4.69) is 10.2 Å². The molecule has 1 saturated heterocycles. The van der Waals surface area contributed by atoms with Gasteiger partial charge in [0.2, 0.25) is 10.0 Å². The van der Waals surface area contributed by atoms with Crippen molar-refractivity contribution in [3.8, 4) is 11.3 Å². The summed E-state index contributed by atoms with van der Waals surface area (Å²) in [4.78, 5) is 11.4. The predicted molar refractivity (Wildman–Crippen MR) is 89.2 cm³/mol. The van der Waals surface area contributed by atoms with Gasteiger partial charge in [0.1, 0.15) is 0 Å². The van der Waals surface area contributed by atoms with Crippen LogP contribution in [0.2, 0.25) is 0 Å². The molecular formula is C16H19N3O4S. The van der Waals surface area contributed by atoms with Gasteiger partial charge in [-0.2, -0.15) is 9.40 Å². The summed E-state index contributed by atoms with van der Waals surface area (Å²) < 4.78 is 32.7. The molecule has 128 valence electrons. The van der Waals surface area contributed by atoms with Crippen LogP contribution in [0, 0.1) is 0 Å². The van der Waals surface area contributed by atoms with Crippen LogP contribution >= 0.6 is 0 Å². The van der Waals surface area contributed by atoms with E-state index in [1.165, 1.54) is 10.4 Å². The summed E-state index contributed by atoms with van der Waals surface area (Å²) in [6.45, 7) is 3.44. The van der Waals surface area contributed by atoms with E-state index in [9.17, 15) is 13.2 Å². The maximum Gasteiger partial charge on any atom is 0.264 e. The number of morpholine rings is 1. The molecule has 1 aliphatic rings. The number of aryl methyl sites for hydroxylation is 1. The van der Waals surface area contributed by atoms with Crippen molar-refractivity contribution in [3.63, 3.8) is 0 Å². The summed E-state index contributed by atoms with van der Waals surface area (Å²) in [5.74, 6) is 0. The Morgan fingerprint density at radius 1 is 1.21 bits per heavy atom. The van der Waals surface area contributed by atoms with Crippen LogP contribution in [-0.2, 0) is 21.2 Å². The third-order valence-corrected chi connectivity index (χ3v) is 5.99. The number of H-pyrrole nitrogens is 1. The molecule has 24 heavy (non-hydrogen) atoms. The lowest BCUT2D eigenvalue weighted by Crippen LogP contribution is -2.40. The Balaban J connectivity index is 2.06. The molecule has 2 heterocycles. The highest BCUT2D eigenvalue weighted by Gasteiger charge is 2.28. The van der Waals surface area contributed by atoms with Gasteiger partial charge in [0.05, 0.1) is 23.8 Å².